The zero-order valence-electron chi connectivity index (χ0n) is 25.7. The summed E-state index contributed by atoms with van der Waals surface area (Å²) in [6, 6.07) is 9.95. The number of fused-ring (bicyclic) bond motifs is 1. The van der Waals surface area contributed by atoms with Gasteiger partial charge >= 0.3 is 0 Å². The number of hydrogen-bond acceptors (Lipinski definition) is 6. The maximum absolute atomic E-state index is 14.0. The Morgan fingerprint density at radius 1 is 0.841 bits per heavy atom. The number of piperidine rings is 1. The molecule has 1 saturated heterocycles. The van der Waals surface area contributed by atoms with E-state index in [0.717, 1.165) is 69.6 Å². The summed E-state index contributed by atoms with van der Waals surface area (Å²) < 4.78 is 0. The number of nitrogens with one attached hydrogen (secondary N) is 3. The summed E-state index contributed by atoms with van der Waals surface area (Å²) in [5.41, 5.74) is 1.02. The molecule has 2 aliphatic carbocycles. The molecule has 1 aromatic carbocycles. The van der Waals surface area contributed by atoms with Crippen molar-refractivity contribution in [3.8, 4) is 0 Å². The van der Waals surface area contributed by atoms with Crippen LogP contribution in [0.4, 0.5) is 0 Å². The van der Waals surface area contributed by atoms with Crippen LogP contribution in [0.1, 0.15) is 107 Å². The number of carbonyl (C=O) groups excluding carboxylic acids is 5. The van der Waals surface area contributed by atoms with Gasteiger partial charge in [0.15, 0.2) is 5.78 Å². The molecule has 0 radical (unpaired) electrons. The van der Waals surface area contributed by atoms with Crippen LogP contribution in [-0.2, 0) is 19.2 Å². The molecule has 5 rings (SSSR count). The van der Waals surface area contributed by atoms with E-state index in [4.69, 9.17) is 0 Å². The van der Waals surface area contributed by atoms with Gasteiger partial charge in [-0.1, -0.05) is 75.6 Å². The molecule has 0 spiro atoms. The van der Waals surface area contributed by atoms with Crippen molar-refractivity contribution < 1.29 is 24.0 Å². The van der Waals surface area contributed by atoms with Crippen LogP contribution in [0.5, 0.6) is 0 Å². The van der Waals surface area contributed by atoms with Crippen LogP contribution in [-0.4, -0.2) is 52.9 Å². The summed E-state index contributed by atoms with van der Waals surface area (Å²) >= 11 is 0. The van der Waals surface area contributed by atoms with Crippen LogP contribution in [0.25, 0.3) is 10.9 Å². The van der Waals surface area contributed by atoms with Crippen LogP contribution in [0, 0.1) is 17.8 Å². The molecular weight excluding hydrogens is 556 g/mol. The van der Waals surface area contributed by atoms with Crippen LogP contribution in [0.15, 0.2) is 36.4 Å². The van der Waals surface area contributed by atoms with Gasteiger partial charge in [-0.15, -0.1) is 0 Å². The molecule has 2 aromatic rings. The second-order valence-electron chi connectivity index (χ2n) is 13.1. The van der Waals surface area contributed by atoms with Gasteiger partial charge in [-0.3, -0.25) is 24.0 Å². The molecule has 2 saturated carbocycles. The summed E-state index contributed by atoms with van der Waals surface area (Å²) in [5.74, 6) is -3.06. The van der Waals surface area contributed by atoms with E-state index in [1.165, 1.54) is 6.42 Å². The molecule has 9 nitrogen and oxygen atoms in total. The van der Waals surface area contributed by atoms with Gasteiger partial charge < -0.3 is 16.0 Å². The number of ketones is 2. The zero-order valence-corrected chi connectivity index (χ0v) is 25.7. The lowest BCUT2D eigenvalue weighted by molar-refractivity contribution is -0.142. The first kappa shape index (κ1) is 31.8. The van der Waals surface area contributed by atoms with E-state index in [1.54, 1.807) is 6.07 Å². The topological polar surface area (TPSA) is 134 Å². The smallest absolute Gasteiger partial charge is 0.289 e. The van der Waals surface area contributed by atoms with E-state index in [2.05, 4.69) is 20.9 Å². The maximum atomic E-state index is 14.0. The van der Waals surface area contributed by atoms with E-state index < -0.39 is 35.5 Å². The highest BCUT2D eigenvalue weighted by atomic mass is 16.2. The molecule has 3 N–H and O–H groups in total. The molecule has 0 unspecified atom stereocenters. The Balaban J connectivity index is 1.33. The fourth-order valence-electron chi connectivity index (χ4n) is 7.19. The average Bonchev–Trinajstić information content (AvgIpc) is 3.05. The highest BCUT2D eigenvalue weighted by Crippen LogP contribution is 2.31. The first-order chi connectivity index (χ1) is 21.4. The summed E-state index contributed by atoms with van der Waals surface area (Å²) in [7, 11) is 0. The van der Waals surface area contributed by atoms with Crippen molar-refractivity contribution in [2.24, 2.45) is 17.8 Å². The number of nitrogens with zero attached hydrogens (tertiary/aromatic N) is 1. The lowest BCUT2D eigenvalue weighted by atomic mass is 9.80. The van der Waals surface area contributed by atoms with E-state index >= 15 is 0 Å². The number of Topliss-reactive ketones (excluding diaryl/α,β-unsaturated/α-hetero) is 2. The lowest BCUT2D eigenvalue weighted by Gasteiger charge is -2.29. The predicted molar refractivity (Wildman–Crippen MR) is 168 cm³/mol. The van der Waals surface area contributed by atoms with E-state index in [1.807, 2.05) is 30.3 Å². The number of amides is 3. The summed E-state index contributed by atoms with van der Waals surface area (Å²) in [5, 5.41) is 9.53. The van der Waals surface area contributed by atoms with Crippen molar-refractivity contribution in [2.45, 2.75) is 108 Å². The SMILES string of the molecule is O=C(NC1CCCCC1)C(=O)[C@H](C[C@@H]1CCCNC1=O)NC(=O)[C@@H](CC(=O)c1ccc2ccccc2n1)CC1CCCCC1. The molecule has 236 valence electrons. The Bertz CT molecular complexity index is 1350. The minimum Gasteiger partial charge on any atom is -0.356 e. The minimum absolute atomic E-state index is 0.0350. The normalized spacial score (nSPS) is 21.2. The molecule has 44 heavy (non-hydrogen) atoms. The summed E-state index contributed by atoms with van der Waals surface area (Å²) in [4.78, 5) is 71.4. The number of benzene rings is 1. The average molecular weight is 603 g/mol. The number of rotatable bonds is 12. The zero-order chi connectivity index (χ0) is 30.9. The quantitative estimate of drug-likeness (QED) is 0.236. The first-order valence-corrected chi connectivity index (χ1v) is 16.7. The van der Waals surface area contributed by atoms with Gasteiger partial charge in [0.1, 0.15) is 5.69 Å². The van der Waals surface area contributed by atoms with E-state index in [0.29, 0.717) is 36.5 Å². The van der Waals surface area contributed by atoms with Gasteiger partial charge in [0, 0.05) is 36.2 Å². The molecule has 3 aliphatic rings. The summed E-state index contributed by atoms with van der Waals surface area (Å²) in [6.45, 7) is 0.580. The Kier molecular flexibility index (Phi) is 11.1. The molecule has 3 atom stereocenters. The molecule has 1 aliphatic heterocycles. The lowest BCUT2D eigenvalue weighted by Crippen LogP contribution is -2.53. The van der Waals surface area contributed by atoms with Crippen molar-refractivity contribution in [2.75, 3.05) is 6.54 Å². The highest BCUT2D eigenvalue weighted by Gasteiger charge is 2.36. The third-order valence-corrected chi connectivity index (χ3v) is 9.75. The highest BCUT2D eigenvalue weighted by molar-refractivity contribution is 6.38. The molecular formula is C35H46N4O5. The Morgan fingerprint density at radius 3 is 2.32 bits per heavy atom. The summed E-state index contributed by atoms with van der Waals surface area (Å²) in [6.07, 6.45) is 12.1. The molecule has 0 bridgehead atoms. The van der Waals surface area contributed by atoms with Gasteiger partial charge in [0.2, 0.25) is 17.6 Å². The fourth-order valence-corrected chi connectivity index (χ4v) is 7.19. The number of para-hydroxylation sites is 1. The van der Waals surface area contributed by atoms with Crippen molar-refractivity contribution >= 4 is 40.2 Å². The van der Waals surface area contributed by atoms with Crippen LogP contribution >= 0.6 is 0 Å². The van der Waals surface area contributed by atoms with Gasteiger partial charge in [0.25, 0.3) is 5.91 Å². The number of pyridine rings is 1. The fraction of sp³-hybridized carbons (Fsp3) is 0.600. The number of aromatic nitrogens is 1. The molecule has 2 heterocycles. The largest absolute Gasteiger partial charge is 0.356 e. The van der Waals surface area contributed by atoms with E-state index in [-0.39, 0.29) is 30.6 Å². The first-order valence-electron chi connectivity index (χ1n) is 16.7. The van der Waals surface area contributed by atoms with Crippen LogP contribution in [0.2, 0.25) is 0 Å². The second-order valence-corrected chi connectivity index (χ2v) is 13.1. The predicted octanol–water partition coefficient (Wildman–Crippen LogP) is 4.81. The molecule has 3 fully saturated rings. The van der Waals surface area contributed by atoms with E-state index in [9.17, 15) is 24.0 Å². The van der Waals surface area contributed by atoms with Gasteiger partial charge in [-0.05, 0) is 56.6 Å². The molecule has 3 amide bonds. The van der Waals surface area contributed by atoms with Crippen LogP contribution < -0.4 is 16.0 Å². The van der Waals surface area contributed by atoms with Crippen LogP contribution in [0.3, 0.4) is 0 Å². The standard InChI is InChI=1S/C35H46N4O5/c40-31(29-18-17-24-12-7-8-16-28(24)38-29)22-26(20-23-10-3-1-4-11-23)34(43)39-30(21-25-13-9-19-36-33(25)42)32(41)35(44)37-27-14-5-2-6-15-27/h7-8,12,16-18,23,25-27,30H,1-6,9-11,13-15,19-22H2,(H,36,42)(H,37,44)(H,39,43)/t25-,26+,30-/m0/s1. The second kappa shape index (κ2) is 15.4. The third-order valence-electron chi connectivity index (χ3n) is 9.75. The van der Waals surface area contributed by atoms with Crippen molar-refractivity contribution in [1.82, 2.24) is 20.9 Å². The molecule has 9 heteroatoms. The monoisotopic (exact) mass is 602 g/mol. The van der Waals surface area contributed by atoms with Crippen molar-refractivity contribution in [1.29, 1.82) is 0 Å². The Labute approximate surface area is 259 Å². The van der Waals surface area contributed by atoms with Gasteiger partial charge in [-0.25, -0.2) is 4.98 Å². The number of hydrogen-bond donors (Lipinski definition) is 3. The number of carbonyl (C=O) groups is 5. The maximum Gasteiger partial charge on any atom is 0.289 e. The van der Waals surface area contributed by atoms with Crippen molar-refractivity contribution in [3.63, 3.8) is 0 Å². The Morgan fingerprint density at radius 2 is 1.57 bits per heavy atom. The molecule has 1 aromatic heterocycles. The third kappa shape index (κ3) is 8.51. The van der Waals surface area contributed by atoms with Crippen molar-refractivity contribution in [3.05, 3.63) is 42.1 Å². The Hall–Kier alpha value is -3.62. The van der Waals surface area contributed by atoms with Gasteiger partial charge in [0.05, 0.1) is 11.6 Å². The minimum atomic E-state index is -1.14. The van der Waals surface area contributed by atoms with Gasteiger partial charge in [-0.2, -0.15) is 0 Å².